The van der Waals surface area contributed by atoms with Gasteiger partial charge in [-0.15, -0.1) is 0 Å². The lowest BCUT2D eigenvalue weighted by molar-refractivity contribution is -0.133. The van der Waals surface area contributed by atoms with Crippen molar-refractivity contribution in [3.05, 3.63) is 87.5 Å². The largest absolute Gasteiger partial charge is 0.491 e. The first-order chi connectivity index (χ1) is 17.5. The van der Waals surface area contributed by atoms with E-state index in [1.807, 2.05) is 0 Å². The second-order valence-electron chi connectivity index (χ2n) is 8.65. The predicted molar refractivity (Wildman–Crippen MR) is 119 cm³/mol. The number of allylic oxidation sites excluding steroid dienone is 1. The van der Waals surface area contributed by atoms with Crippen LogP contribution in [-0.4, -0.2) is 59.2 Å². The van der Waals surface area contributed by atoms with Crippen LogP contribution in [0.2, 0.25) is 0 Å². The molecule has 2 aromatic rings. The summed E-state index contributed by atoms with van der Waals surface area (Å²) in [7, 11) is 0. The van der Waals surface area contributed by atoms with Crippen molar-refractivity contribution in [2.75, 3.05) is 26.2 Å². The van der Waals surface area contributed by atoms with Gasteiger partial charge in [0.1, 0.15) is 18.5 Å². The number of aliphatic hydroxyl groups excluding tert-OH is 1. The summed E-state index contributed by atoms with van der Waals surface area (Å²) in [4.78, 5) is 26.6. The lowest BCUT2D eigenvalue weighted by atomic mass is 9.76. The normalized spacial score (nSPS) is 19.0. The Kier molecular flexibility index (Phi) is 7.32. The van der Waals surface area contributed by atoms with Gasteiger partial charge in [0, 0.05) is 35.6 Å². The van der Waals surface area contributed by atoms with Crippen LogP contribution >= 0.6 is 0 Å². The maximum atomic E-state index is 14.8. The molecule has 0 radical (unpaired) electrons. The molecule has 4 rings (SSSR count). The van der Waals surface area contributed by atoms with Gasteiger partial charge < -0.3 is 20.3 Å². The summed E-state index contributed by atoms with van der Waals surface area (Å²) in [6.45, 7) is 0.584. The number of carboxylic acid groups (broad SMARTS) is 1. The number of carboxylic acids is 1. The van der Waals surface area contributed by atoms with Crippen molar-refractivity contribution in [1.29, 1.82) is 0 Å². The number of para-hydroxylation sites is 1. The molecule has 2 heterocycles. The molecule has 196 valence electrons. The molecule has 2 aliphatic rings. The Labute approximate surface area is 207 Å². The van der Waals surface area contributed by atoms with Crippen LogP contribution in [0.3, 0.4) is 0 Å². The zero-order valence-corrected chi connectivity index (χ0v) is 19.3. The molecule has 0 aliphatic carbocycles. The highest BCUT2D eigenvalue weighted by molar-refractivity contribution is 6.04. The van der Waals surface area contributed by atoms with Gasteiger partial charge in [0.15, 0.2) is 29.1 Å². The quantitative estimate of drug-likeness (QED) is 0.291. The number of dihydropyridines is 1. The third-order valence-electron chi connectivity index (χ3n) is 6.11. The first-order valence-electron chi connectivity index (χ1n) is 11.1. The lowest BCUT2D eigenvalue weighted by Crippen LogP contribution is -2.48. The van der Waals surface area contributed by atoms with Crippen LogP contribution in [0.5, 0.6) is 5.75 Å². The number of halogens is 5. The number of nitrogens with zero attached hydrogens (tertiary/aromatic N) is 1. The Morgan fingerprint density at radius 1 is 1.05 bits per heavy atom. The van der Waals surface area contributed by atoms with Gasteiger partial charge in [-0.3, -0.25) is 9.69 Å². The number of carbonyl (C=O) groups is 2. The number of aliphatic carboxylic acids is 1. The highest BCUT2D eigenvalue weighted by atomic mass is 19.2. The maximum Gasteiger partial charge on any atom is 0.334 e. The molecule has 12 heteroatoms. The van der Waals surface area contributed by atoms with Gasteiger partial charge in [-0.2, -0.15) is 0 Å². The van der Waals surface area contributed by atoms with Crippen molar-refractivity contribution in [2.24, 2.45) is 0 Å². The smallest absolute Gasteiger partial charge is 0.334 e. The predicted octanol–water partition coefficient (Wildman–Crippen LogP) is 3.01. The number of nitrogens with one attached hydrogen (secondary N) is 1. The first-order valence-corrected chi connectivity index (χ1v) is 11.1. The Balaban J connectivity index is 1.66. The third-order valence-corrected chi connectivity index (χ3v) is 6.11. The minimum absolute atomic E-state index is 0.0314. The van der Waals surface area contributed by atoms with Crippen molar-refractivity contribution in [2.45, 2.75) is 18.9 Å². The maximum absolute atomic E-state index is 14.8. The first kappa shape index (κ1) is 26.3. The number of Topliss-reactive ketones (excluding diaryl/α,β-unsaturated/α-hetero) is 1. The summed E-state index contributed by atoms with van der Waals surface area (Å²) in [5.74, 6) is -15.4. The van der Waals surface area contributed by atoms with Gasteiger partial charge in [0.05, 0.1) is 18.0 Å². The van der Waals surface area contributed by atoms with Gasteiger partial charge in [-0.1, -0.05) is 18.2 Å². The highest BCUT2D eigenvalue weighted by Crippen LogP contribution is 2.43. The SMILES string of the molecule is CC1=C(C(=O)O)C(c2c(F)c(F)c(F)c(F)c2F)C2=C(CN(CC(O)COc3ccccc3)CC2=O)N1. The molecule has 0 bridgehead atoms. The van der Waals surface area contributed by atoms with Crippen molar-refractivity contribution in [3.8, 4) is 5.75 Å². The fourth-order valence-electron chi connectivity index (χ4n) is 4.55. The Morgan fingerprint density at radius 3 is 2.24 bits per heavy atom. The topological polar surface area (TPSA) is 99.1 Å². The molecule has 2 aromatic carbocycles. The monoisotopic (exact) mass is 524 g/mol. The number of aliphatic hydroxyl groups is 1. The highest BCUT2D eigenvalue weighted by Gasteiger charge is 2.44. The molecule has 0 aromatic heterocycles. The van der Waals surface area contributed by atoms with Crippen LogP contribution in [0, 0.1) is 29.1 Å². The van der Waals surface area contributed by atoms with Gasteiger partial charge in [-0.05, 0) is 19.1 Å². The average Bonchev–Trinajstić information content (AvgIpc) is 2.85. The number of carbonyl (C=O) groups excluding carboxylic acids is 1. The van der Waals surface area contributed by atoms with Crippen LogP contribution in [0.4, 0.5) is 22.0 Å². The van der Waals surface area contributed by atoms with Crippen molar-refractivity contribution in [1.82, 2.24) is 10.2 Å². The third kappa shape index (κ3) is 4.94. The van der Waals surface area contributed by atoms with Crippen LogP contribution in [0.1, 0.15) is 18.4 Å². The molecule has 2 unspecified atom stereocenters. The minimum atomic E-state index is -2.40. The molecule has 0 fully saturated rings. The van der Waals surface area contributed by atoms with E-state index in [4.69, 9.17) is 4.74 Å². The second kappa shape index (κ2) is 10.3. The Bertz CT molecular complexity index is 1300. The van der Waals surface area contributed by atoms with Crippen molar-refractivity contribution >= 4 is 11.8 Å². The number of ether oxygens (including phenoxy) is 1. The summed E-state index contributed by atoms with van der Waals surface area (Å²) in [6, 6.07) is 8.66. The molecule has 2 atom stereocenters. The minimum Gasteiger partial charge on any atom is -0.491 e. The van der Waals surface area contributed by atoms with E-state index >= 15 is 0 Å². The number of ketones is 1. The molecule has 2 aliphatic heterocycles. The van der Waals surface area contributed by atoms with Crippen LogP contribution in [0.25, 0.3) is 0 Å². The van der Waals surface area contributed by atoms with Crippen LogP contribution in [0.15, 0.2) is 52.9 Å². The molecule has 0 spiro atoms. The van der Waals surface area contributed by atoms with E-state index in [1.165, 1.54) is 11.8 Å². The van der Waals surface area contributed by atoms with Crippen LogP contribution in [-0.2, 0) is 9.59 Å². The Hall–Kier alpha value is -3.77. The lowest BCUT2D eigenvalue weighted by Gasteiger charge is -2.38. The van der Waals surface area contributed by atoms with Gasteiger partial charge in [0.2, 0.25) is 5.82 Å². The molecule has 37 heavy (non-hydrogen) atoms. The van der Waals surface area contributed by atoms with Gasteiger partial charge in [-0.25, -0.2) is 26.7 Å². The number of rotatable bonds is 7. The van der Waals surface area contributed by atoms with E-state index in [0.717, 1.165) is 0 Å². The zero-order chi connectivity index (χ0) is 27.0. The summed E-state index contributed by atoms with van der Waals surface area (Å²) in [6.07, 6.45) is -1.05. The number of benzene rings is 2. The van der Waals surface area contributed by atoms with Gasteiger partial charge in [0.25, 0.3) is 0 Å². The van der Waals surface area contributed by atoms with Crippen LogP contribution < -0.4 is 10.1 Å². The van der Waals surface area contributed by atoms with E-state index in [9.17, 15) is 41.8 Å². The van der Waals surface area contributed by atoms with E-state index in [0.29, 0.717) is 5.75 Å². The molecular formula is C25H21F5N2O5. The summed E-state index contributed by atoms with van der Waals surface area (Å²) >= 11 is 0. The Morgan fingerprint density at radius 2 is 1.65 bits per heavy atom. The van der Waals surface area contributed by atoms with E-state index in [2.05, 4.69) is 5.32 Å². The summed E-state index contributed by atoms with van der Waals surface area (Å²) in [5, 5.41) is 22.8. The molecule has 0 amide bonds. The molecule has 3 N–H and O–H groups in total. The molecule has 0 saturated heterocycles. The van der Waals surface area contributed by atoms with Gasteiger partial charge >= 0.3 is 5.97 Å². The fourth-order valence-corrected chi connectivity index (χ4v) is 4.55. The van der Waals surface area contributed by atoms with E-state index in [-0.39, 0.29) is 31.1 Å². The molecular weight excluding hydrogens is 503 g/mol. The standard InChI is InChI=1S/C25H21F5N2O5/c1-11-16(25(35)36)18(19-20(26)22(28)24(30)23(29)21(19)27)17-14(31-11)8-32(9-15(17)34)7-12(33)10-37-13-5-3-2-4-6-13/h2-6,12,18,31,33H,7-10H2,1H3,(H,35,36). The fraction of sp³-hybridized carbons (Fsp3) is 0.280. The zero-order valence-electron chi connectivity index (χ0n) is 19.3. The van der Waals surface area contributed by atoms with Crippen molar-refractivity contribution < 1.29 is 46.5 Å². The second-order valence-corrected chi connectivity index (χ2v) is 8.65. The average molecular weight is 524 g/mol. The number of hydrogen-bond acceptors (Lipinski definition) is 6. The summed E-state index contributed by atoms with van der Waals surface area (Å²) in [5.41, 5.74) is -2.66. The number of β-amino-alcohol motifs (C(OH)–C–C–N with tert-alkyl or cyclic N) is 1. The molecule has 0 saturated carbocycles. The molecule has 7 nitrogen and oxygen atoms in total. The van der Waals surface area contributed by atoms with E-state index in [1.54, 1.807) is 30.3 Å². The summed E-state index contributed by atoms with van der Waals surface area (Å²) < 4.78 is 76.7. The van der Waals surface area contributed by atoms with E-state index < -0.39 is 76.1 Å². The van der Waals surface area contributed by atoms with Crippen molar-refractivity contribution in [3.63, 3.8) is 0 Å². The number of hydrogen-bond donors (Lipinski definition) is 3.